The van der Waals surface area contributed by atoms with E-state index in [9.17, 15) is 0 Å². The zero-order valence-corrected chi connectivity index (χ0v) is 10.1. The molecule has 0 aromatic heterocycles. The van der Waals surface area contributed by atoms with Crippen molar-refractivity contribution in [1.82, 2.24) is 5.32 Å². The Morgan fingerprint density at radius 3 is 2.43 bits per heavy atom. The molecule has 0 atom stereocenters. The number of hydrogen-bond donors (Lipinski definition) is 1. The summed E-state index contributed by atoms with van der Waals surface area (Å²) in [6.07, 6.45) is 10.5. The summed E-state index contributed by atoms with van der Waals surface area (Å²) < 4.78 is 0. The molecule has 14 heavy (non-hydrogen) atoms. The quantitative estimate of drug-likeness (QED) is 0.670. The van der Waals surface area contributed by atoms with Gasteiger partial charge in [0.25, 0.3) is 0 Å². The van der Waals surface area contributed by atoms with Gasteiger partial charge in [0, 0.05) is 6.54 Å². The molecule has 82 valence electrons. The largest absolute Gasteiger partial charge is 0.387 e. The van der Waals surface area contributed by atoms with Crippen LogP contribution in [0.15, 0.2) is 36.6 Å². The van der Waals surface area contributed by atoms with Crippen LogP contribution in [0.1, 0.15) is 40.5 Å². The summed E-state index contributed by atoms with van der Waals surface area (Å²) in [5.41, 5.74) is 1.37. The van der Waals surface area contributed by atoms with E-state index in [4.69, 9.17) is 0 Å². The van der Waals surface area contributed by atoms with E-state index >= 15 is 0 Å². The Kier molecular flexibility index (Phi) is 16.1. The van der Waals surface area contributed by atoms with E-state index in [1.807, 2.05) is 33.8 Å². The molecule has 0 unspecified atom stereocenters. The van der Waals surface area contributed by atoms with E-state index in [1.165, 1.54) is 5.57 Å². The second-order valence-corrected chi connectivity index (χ2v) is 2.36. The van der Waals surface area contributed by atoms with Gasteiger partial charge in [-0.3, -0.25) is 0 Å². The molecule has 0 fully saturated rings. The van der Waals surface area contributed by atoms with E-state index in [0.717, 1.165) is 19.4 Å². The molecule has 1 aliphatic rings. The van der Waals surface area contributed by atoms with Gasteiger partial charge < -0.3 is 5.32 Å². The van der Waals surface area contributed by atoms with E-state index in [-0.39, 0.29) is 0 Å². The van der Waals surface area contributed by atoms with Gasteiger partial charge in [-0.15, -0.1) is 6.58 Å². The third-order valence-corrected chi connectivity index (χ3v) is 1.49. The SMILES string of the molecule is C=CCCC1=CNCC=C1.CC.CC. The van der Waals surface area contributed by atoms with Gasteiger partial charge in [-0.25, -0.2) is 0 Å². The zero-order valence-electron chi connectivity index (χ0n) is 10.1. The lowest BCUT2D eigenvalue weighted by atomic mass is 10.1. The zero-order chi connectivity index (χ0) is 11.2. The standard InChI is InChI=1S/C9H13N.2C2H6/c1-2-3-5-9-6-4-7-10-8-9;2*1-2/h2,4,6,8,10H,1,3,5,7H2;2*1-2H3. The number of rotatable bonds is 3. The Labute approximate surface area is 89.6 Å². The van der Waals surface area contributed by atoms with Crippen LogP contribution < -0.4 is 5.32 Å². The molecule has 1 rings (SSSR count). The van der Waals surface area contributed by atoms with Gasteiger partial charge in [0.05, 0.1) is 0 Å². The summed E-state index contributed by atoms with van der Waals surface area (Å²) in [5, 5.41) is 3.16. The Bertz CT molecular complexity index is 166. The van der Waals surface area contributed by atoms with Gasteiger partial charge in [-0.2, -0.15) is 0 Å². The first-order valence-electron chi connectivity index (χ1n) is 5.63. The first-order valence-corrected chi connectivity index (χ1v) is 5.63. The highest BCUT2D eigenvalue weighted by Gasteiger charge is 1.93. The molecule has 0 saturated carbocycles. The van der Waals surface area contributed by atoms with E-state index in [0.29, 0.717) is 0 Å². The molecule has 0 spiro atoms. The molecule has 1 heterocycles. The summed E-state index contributed by atoms with van der Waals surface area (Å²) >= 11 is 0. The average molecular weight is 195 g/mol. The fraction of sp³-hybridized carbons (Fsp3) is 0.538. The minimum atomic E-state index is 0.970. The Morgan fingerprint density at radius 1 is 1.36 bits per heavy atom. The molecule has 0 saturated heterocycles. The summed E-state index contributed by atoms with van der Waals surface area (Å²) in [7, 11) is 0. The maximum absolute atomic E-state index is 3.67. The number of dihydropyridines is 1. The molecule has 1 aliphatic heterocycles. The van der Waals surface area contributed by atoms with Crippen LogP contribution in [-0.2, 0) is 0 Å². The predicted molar refractivity (Wildman–Crippen MR) is 67.4 cm³/mol. The summed E-state index contributed by atoms with van der Waals surface area (Å²) in [4.78, 5) is 0. The molecular formula is C13H25N. The Balaban J connectivity index is 0. The first kappa shape index (κ1) is 15.5. The summed E-state index contributed by atoms with van der Waals surface area (Å²) in [6.45, 7) is 12.6. The highest BCUT2D eigenvalue weighted by Crippen LogP contribution is 2.07. The third kappa shape index (κ3) is 9.11. The van der Waals surface area contributed by atoms with Crippen molar-refractivity contribution in [3.8, 4) is 0 Å². The minimum Gasteiger partial charge on any atom is -0.387 e. The Morgan fingerprint density at radius 2 is 2.00 bits per heavy atom. The van der Waals surface area contributed by atoms with Gasteiger partial charge >= 0.3 is 0 Å². The second kappa shape index (κ2) is 14.5. The fourth-order valence-electron chi connectivity index (χ4n) is 0.941. The minimum absolute atomic E-state index is 0.970. The molecule has 0 bridgehead atoms. The van der Waals surface area contributed by atoms with Crippen LogP contribution in [0, 0.1) is 0 Å². The smallest absolute Gasteiger partial charge is 0.0328 e. The molecule has 1 nitrogen and oxygen atoms in total. The summed E-state index contributed by atoms with van der Waals surface area (Å²) in [6, 6.07) is 0. The average Bonchev–Trinajstić information content (AvgIpc) is 2.33. The lowest BCUT2D eigenvalue weighted by Crippen LogP contribution is -2.08. The van der Waals surface area contributed by atoms with Crippen LogP contribution in [0.3, 0.4) is 0 Å². The van der Waals surface area contributed by atoms with Gasteiger partial charge in [0.1, 0.15) is 0 Å². The summed E-state index contributed by atoms with van der Waals surface area (Å²) in [5.74, 6) is 0. The first-order chi connectivity index (χ1) is 6.93. The van der Waals surface area contributed by atoms with E-state index in [1.54, 1.807) is 0 Å². The second-order valence-electron chi connectivity index (χ2n) is 2.36. The van der Waals surface area contributed by atoms with Crippen LogP contribution in [0.4, 0.5) is 0 Å². The van der Waals surface area contributed by atoms with Crippen molar-refractivity contribution in [3.63, 3.8) is 0 Å². The van der Waals surface area contributed by atoms with Crippen LogP contribution in [-0.4, -0.2) is 6.54 Å². The number of hydrogen-bond acceptors (Lipinski definition) is 1. The van der Waals surface area contributed by atoms with E-state index in [2.05, 4.69) is 30.2 Å². The molecule has 0 aliphatic carbocycles. The van der Waals surface area contributed by atoms with Crippen LogP contribution in [0.5, 0.6) is 0 Å². The topological polar surface area (TPSA) is 12.0 Å². The van der Waals surface area contributed by atoms with Crippen molar-refractivity contribution >= 4 is 0 Å². The molecule has 0 radical (unpaired) electrons. The normalized spacial score (nSPS) is 12.1. The molecule has 0 amide bonds. The van der Waals surface area contributed by atoms with Crippen molar-refractivity contribution in [2.45, 2.75) is 40.5 Å². The third-order valence-electron chi connectivity index (χ3n) is 1.49. The lowest BCUT2D eigenvalue weighted by molar-refractivity contribution is 0.907. The maximum atomic E-state index is 3.67. The van der Waals surface area contributed by atoms with Gasteiger partial charge in [0.2, 0.25) is 0 Å². The molecule has 1 heteroatoms. The van der Waals surface area contributed by atoms with Crippen LogP contribution in [0.2, 0.25) is 0 Å². The van der Waals surface area contributed by atoms with Crippen molar-refractivity contribution in [2.24, 2.45) is 0 Å². The monoisotopic (exact) mass is 195 g/mol. The van der Waals surface area contributed by atoms with Crippen LogP contribution in [0.25, 0.3) is 0 Å². The highest BCUT2D eigenvalue weighted by molar-refractivity contribution is 5.21. The van der Waals surface area contributed by atoms with Crippen molar-refractivity contribution in [2.75, 3.05) is 6.54 Å². The number of nitrogens with one attached hydrogen (secondary N) is 1. The molecular weight excluding hydrogens is 170 g/mol. The van der Waals surface area contributed by atoms with E-state index < -0.39 is 0 Å². The van der Waals surface area contributed by atoms with Crippen molar-refractivity contribution < 1.29 is 0 Å². The predicted octanol–water partition coefficient (Wildman–Crippen LogP) is 4.05. The molecule has 1 N–H and O–H groups in total. The van der Waals surface area contributed by atoms with Crippen molar-refractivity contribution in [3.05, 3.63) is 36.6 Å². The van der Waals surface area contributed by atoms with Gasteiger partial charge in [-0.05, 0) is 24.6 Å². The van der Waals surface area contributed by atoms with Crippen molar-refractivity contribution in [1.29, 1.82) is 0 Å². The Hall–Kier alpha value is -0.980. The number of allylic oxidation sites excluding steroid dienone is 3. The molecule has 0 aromatic carbocycles. The van der Waals surface area contributed by atoms with Gasteiger partial charge in [-0.1, -0.05) is 45.9 Å². The highest BCUT2D eigenvalue weighted by atomic mass is 14.8. The lowest BCUT2D eigenvalue weighted by Gasteiger charge is -2.06. The van der Waals surface area contributed by atoms with Gasteiger partial charge in [0.15, 0.2) is 0 Å². The fourth-order valence-corrected chi connectivity index (χ4v) is 0.941. The maximum Gasteiger partial charge on any atom is 0.0328 e. The molecule has 0 aromatic rings. The van der Waals surface area contributed by atoms with Crippen LogP contribution >= 0.6 is 0 Å².